The van der Waals surface area contributed by atoms with Crippen molar-refractivity contribution in [2.75, 3.05) is 13.7 Å². The Morgan fingerprint density at radius 2 is 2.18 bits per heavy atom. The second kappa shape index (κ2) is 6.67. The highest BCUT2D eigenvalue weighted by Gasteiger charge is 2.43. The molecule has 0 saturated carbocycles. The number of hydrogen-bond acceptors (Lipinski definition) is 8. The number of carbonyl (C=O) groups excluding carboxylic acids is 1. The van der Waals surface area contributed by atoms with E-state index in [1.165, 1.54) is 17.9 Å². The summed E-state index contributed by atoms with van der Waals surface area (Å²) in [7, 11) is 1.19. The molecule has 1 aliphatic rings. The second-order valence-electron chi connectivity index (χ2n) is 4.80. The van der Waals surface area contributed by atoms with E-state index in [2.05, 4.69) is 9.72 Å². The average molecular weight is 332 g/mol. The summed E-state index contributed by atoms with van der Waals surface area (Å²) in [6, 6.07) is 0. The van der Waals surface area contributed by atoms with Crippen molar-refractivity contribution < 1.29 is 29.6 Å². The van der Waals surface area contributed by atoms with E-state index in [1.807, 2.05) is 0 Å². The SMILES string of the molecule is COC(=O)Cc1cn([C@@H]2O[C@H](CO)[C@H](O)C2O)c(=S)[nH]c1=O. The summed E-state index contributed by atoms with van der Waals surface area (Å²) in [4.78, 5) is 25.5. The number of ether oxygens (including phenoxy) is 2. The van der Waals surface area contributed by atoms with Crippen LogP contribution in [0.2, 0.25) is 0 Å². The van der Waals surface area contributed by atoms with E-state index in [0.717, 1.165) is 0 Å². The molecule has 0 aliphatic carbocycles. The smallest absolute Gasteiger partial charge is 0.310 e. The van der Waals surface area contributed by atoms with Gasteiger partial charge in [-0.05, 0) is 12.2 Å². The van der Waals surface area contributed by atoms with Crippen LogP contribution in [0.1, 0.15) is 11.8 Å². The monoisotopic (exact) mass is 332 g/mol. The predicted molar refractivity (Wildman–Crippen MR) is 74.6 cm³/mol. The summed E-state index contributed by atoms with van der Waals surface area (Å²) < 4.78 is 11.0. The van der Waals surface area contributed by atoms with Gasteiger partial charge in [-0.2, -0.15) is 0 Å². The molecule has 9 nitrogen and oxygen atoms in total. The molecule has 1 aromatic rings. The number of esters is 1. The zero-order valence-electron chi connectivity index (χ0n) is 11.6. The molecule has 2 heterocycles. The molecule has 4 atom stereocenters. The fourth-order valence-electron chi connectivity index (χ4n) is 2.18. The largest absolute Gasteiger partial charge is 0.469 e. The molecule has 0 amide bonds. The summed E-state index contributed by atoms with van der Waals surface area (Å²) in [5, 5.41) is 28.8. The summed E-state index contributed by atoms with van der Waals surface area (Å²) in [6.07, 6.45) is -3.73. The summed E-state index contributed by atoms with van der Waals surface area (Å²) in [5.41, 5.74) is -0.489. The lowest BCUT2D eigenvalue weighted by atomic mass is 10.1. The van der Waals surface area contributed by atoms with Gasteiger partial charge in [-0.3, -0.25) is 19.1 Å². The first kappa shape index (κ1) is 16.8. The maximum atomic E-state index is 11.8. The molecular weight excluding hydrogens is 316 g/mol. The van der Waals surface area contributed by atoms with Crippen molar-refractivity contribution in [2.24, 2.45) is 0 Å². The van der Waals surface area contributed by atoms with Gasteiger partial charge in [0, 0.05) is 11.8 Å². The van der Waals surface area contributed by atoms with Crippen molar-refractivity contribution in [2.45, 2.75) is 31.0 Å². The Morgan fingerprint density at radius 1 is 1.50 bits per heavy atom. The standard InChI is InChI=1S/C12H16N2O7S/c1-20-7(16)2-5-3-14(12(22)13-10(5)19)11-9(18)8(17)6(4-15)21-11/h3,6,8-9,11,15,17-18H,2,4H2,1H3,(H,13,19,22)/t6-,8+,9?,11-/m1/s1. The van der Waals surface area contributed by atoms with Crippen LogP contribution in [0, 0.1) is 4.77 Å². The van der Waals surface area contributed by atoms with Crippen molar-refractivity contribution >= 4 is 18.2 Å². The lowest BCUT2D eigenvalue weighted by Gasteiger charge is -2.19. The van der Waals surface area contributed by atoms with Gasteiger partial charge in [0.2, 0.25) is 0 Å². The molecular formula is C12H16N2O7S. The Balaban J connectivity index is 2.39. The highest BCUT2D eigenvalue weighted by atomic mass is 32.1. The van der Waals surface area contributed by atoms with E-state index in [-0.39, 0.29) is 16.8 Å². The summed E-state index contributed by atoms with van der Waals surface area (Å²) >= 11 is 5.00. The molecule has 10 heteroatoms. The number of nitrogens with zero attached hydrogens (tertiary/aromatic N) is 1. The Bertz CT molecular complexity index is 670. The quantitative estimate of drug-likeness (QED) is 0.376. The van der Waals surface area contributed by atoms with Gasteiger partial charge in [-0.25, -0.2) is 0 Å². The minimum absolute atomic E-state index is 0.0477. The Kier molecular flexibility index (Phi) is 5.08. The maximum Gasteiger partial charge on any atom is 0.310 e. The number of rotatable bonds is 4. The van der Waals surface area contributed by atoms with E-state index in [0.29, 0.717) is 0 Å². The number of aromatic nitrogens is 2. The van der Waals surface area contributed by atoms with E-state index in [9.17, 15) is 19.8 Å². The molecule has 122 valence electrons. The highest BCUT2D eigenvalue weighted by Crippen LogP contribution is 2.29. The normalized spacial score (nSPS) is 27.8. The van der Waals surface area contributed by atoms with Crippen LogP contribution in [0.4, 0.5) is 0 Å². The van der Waals surface area contributed by atoms with Crippen LogP contribution in [0.5, 0.6) is 0 Å². The molecule has 0 aromatic carbocycles. The van der Waals surface area contributed by atoms with Crippen molar-refractivity contribution in [3.63, 3.8) is 0 Å². The van der Waals surface area contributed by atoms with Crippen LogP contribution in [0.3, 0.4) is 0 Å². The van der Waals surface area contributed by atoms with Crippen LogP contribution in [0.15, 0.2) is 11.0 Å². The molecule has 22 heavy (non-hydrogen) atoms. The molecule has 1 saturated heterocycles. The van der Waals surface area contributed by atoms with Crippen LogP contribution in [-0.4, -0.2) is 62.9 Å². The first-order valence-corrected chi connectivity index (χ1v) is 6.83. The fraction of sp³-hybridized carbons (Fsp3) is 0.583. The molecule has 0 bridgehead atoms. The molecule has 2 rings (SSSR count). The Labute approximate surface area is 129 Å². The molecule has 1 fully saturated rings. The first-order chi connectivity index (χ1) is 10.4. The fourth-order valence-corrected chi connectivity index (χ4v) is 2.43. The summed E-state index contributed by atoms with van der Waals surface area (Å²) in [6.45, 7) is -0.486. The summed E-state index contributed by atoms with van der Waals surface area (Å²) in [5.74, 6) is -0.615. The number of aliphatic hydroxyl groups is 3. The van der Waals surface area contributed by atoms with Gasteiger partial charge in [0.05, 0.1) is 20.1 Å². The first-order valence-electron chi connectivity index (χ1n) is 6.42. The third-order valence-corrected chi connectivity index (χ3v) is 3.71. The number of methoxy groups -OCH3 is 1. The molecule has 1 unspecified atom stereocenters. The average Bonchev–Trinajstić information content (AvgIpc) is 2.77. The van der Waals surface area contributed by atoms with E-state index < -0.39 is 42.7 Å². The van der Waals surface area contributed by atoms with Gasteiger partial charge < -0.3 is 24.8 Å². The van der Waals surface area contributed by atoms with Crippen LogP contribution < -0.4 is 5.56 Å². The van der Waals surface area contributed by atoms with Crippen LogP contribution in [0.25, 0.3) is 0 Å². The molecule has 0 spiro atoms. The van der Waals surface area contributed by atoms with Gasteiger partial charge in [0.1, 0.15) is 18.3 Å². The number of carbonyl (C=O) groups is 1. The Hall–Kier alpha value is -1.59. The highest BCUT2D eigenvalue weighted by molar-refractivity contribution is 7.71. The number of aliphatic hydroxyl groups excluding tert-OH is 3. The predicted octanol–water partition coefficient (Wildman–Crippen LogP) is -1.77. The van der Waals surface area contributed by atoms with Gasteiger partial charge in [0.25, 0.3) is 5.56 Å². The van der Waals surface area contributed by atoms with Gasteiger partial charge in [-0.1, -0.05) is 0 Å². The third-order valence-electron chi connectivity index (χ3n) is 3.40. The minimum atomic E-state index is -1.35. The van der Waals surface area contributed by atoms with Crippen LogP contribution in [-0.2, 0) is 20.7 Å². The van der Waals surface area contributed by atoms with Crippen molar-refractivity contribution in [1.82, 2.24) is 9.55 Å². The number of nitrogens with one attached hydrogen (secondary N) is 1. The zero-order valence-corrected chi connectivity index (χ0v) is 12.4. The second-order valence-corrected chi connectivity index (χ2v) is 5.19. The van der Waals surface area contributed by atoms with E-state index >= 15 is 0 Å². The maximum absolute atomic E-state index is 11.8. The van der Waals surface area contributed by atoms with E-state index in [1.54, 1.807) is 0 Å². The van der Waals surface area contributed by atoms with Crippen molar-refractivity contribution in [3.8, 4) is 0 Å². The van der Waals surface area contributed by atoms with Crippen molar-refractivity contribution in [1.29, 1.82) is 0 Å². The molecule has 1 aliphatic heterocycles. The number of hydrogen-bond donors (Lipinski definition) is 4. The third kappa shape index (κ3) is 3.10. The number of H-pyrrole nitrogens is 1. The molecule has 0 radical (unpaired) electrons. The lowest BCUT2D eigenvalue weighted by molar-refractivity contribution is -0.139. The van der Waals surface area contributed by atoms with Crippen LogP contribution >= 0.6 is 12.2 Å². The number of aromatic amines is 1. The molecule has 4 N–H and O–H groups in total. The van der Waals surface area contributed by atoms with Gasteiger partial charge in [0.15, 0.2) is 11.0 Å². The Morgan fingerprint density at radius 3 is 2.73 bits per heavy atom. The van der Waals surface area contributed by atoms with Gasteiger partial charge in [-0.15, -0.1) is 0 Å². The lowest BCUT2D eigenvalue weighted by Crippen LogP contribution is -2.33. The van der Waals surface area contributed by atoms with E-state index in [4.69, 9.17) is 22.1 Å². The topological polar surface area (TPSA) is 134 Å². The van der Waals surface area contributed by atoms with Crippen molar-refractivity contribution in [3.05, 3.63) is 26.9 Å². The minimum Gasteiger partial charge on any atom is -0.469 e. The van der Waals surface area contributed by atoms with Gasteiger partial charge >= 0.3 is 5.97 Å². The molecule has 1 aromatic heterocycles. The zero-order chi connectivity index (χ0) is 16.4.